The molecule has 1 saturated heterocycles. The smallest absolute Gasteiger partial charge is 0.00926 e. The Hall–Kier alpha value is -0.0800. The largest absolute Gasteiger partial charge is 0.328 e. The average molecular weight is 198 g/mol. The molecule has 0 radical (unpaired) electrons. The van der Waals surface area contributed by atoms with E-state index in [4.69, 9.17) is 5.73 Å². The van der Waals surface area contributed by atoms with E-state index >= 15 is 0 Å². The molecular weight excluding hydrogens is 172 g/mol. The van der Waals surface area contributed by atoms with Crippen molar-refractivity contribution in [3.8, 4) is 0 Å². The first-order valence-electron chi connectivity index (χ1n) is 6.27. The highest BCUT2D eigenvalue weighted by atomic mass is 15.2. The molecule has 0 aliphatic carbocycles. The Morgan fingerprint density at radius 1 is 1.36 bits per heavy atom. The predicted molar refractivity (Wildman–Crippen MR) is 62.4 cm³/mol. The lowest BCUT2D eigenvalue weighted by atomic mass is 9.99. The van der Waals surface area contributed by atoms with Crippen LogP contribution in [0, 0.1) is 0 Å². The zero-order valence-electron chi connectivity index (χ0n) is 9.84. The third-order valence-corrected chi connectivity index (χ3v) is 3.53. The van der Waals surface area contributed by atoms with Crippen molar-refractivity contribution in [2.45, 2.75) is 64.5 Å². The van der Waals surface area contributed by atoms with E-state index < -0.39 is 0 Å². The summed E-state index contributed by atoms with van der Waals surface area (Å²) in [5, 5.41) is 0. The molecule has 0 aromatic heterocycles. The predicted octanol–water partition coefficient (Wildman–Crippen LogP) is 2.38. The minimum Gasteiger partial charge on any atom is -0.328 e. The first-order valence-corrected chi connectivity index (χ1v) is 6.27. The van der Waals surface area contributed by atoms with Crippen LogP contribution < -0.4 is 5.73 Å². The number of piperidine rings is 1. The van der Waals surface area contributed by atoms with Crippen molar-refractivity contribution < 1.29 is 0 Å². The van der Waals surface area contributed by atoms with Crippen molar-refractivity contribution in [3.63, 3.8) is 0 Å². The number of nitrogens with two attached hydrogens (primary N) is 1. The summed E-state index contributed by atoms with van der Waals surface area (Å²) >= 11 is 0. The van der Waals surface area contributed by atoms with Gasteiger partial charge in [0.05, 0.1) is 0 Å². The van der Waals surface area contributed by atoms with Gasteiger partial charge in [0.25, 0.3) is 0 Å². The van der Waals surface area contributed by atoms with E-state index in [0.717, 1.165) is 12.5 Å². The van der Waals surface area contributed by atoms with Gasteiger partial charge in [0.1, 0.15) is 0 Å². The maximum Gasteiger partial charge on any atom is 0.00926 e. The minimum absolute atomic E-state index is 0.412. The summed E-state index contributed by atoms with van der Waals surface area (Å²) in [7, 11) is 0. The second-order valence-corrected chi connectivity index (χ2v) is 4.55. The summed E-state index contributed by atoms with van der Waals surface area (Å²) < 4.78 is 0. The van der Waals surface area contributed by atoms with Gasteiger partial charge in [-0.25, -0.2) is 0 Å². The maximum absolute atomic E-state index is 5.95. The molecule has 1 rings (SSSR count). The zero-order valence-corrected chi connectivity index (χ0v) is 9.84. The van der Waals surface area contributed by atoms with Crippen LogP contribution in [0.4, 0.5) is 0 Å². The molecular formula is C12H26N2. The van der Waals surface area contributed by atoms with E-state index in [1.807, 2.05) is 0 Å². The van der Waals surface area contributed by atoms with Crippen molar-refractivity contribution in [2.24, 2.45) is 5.73 Å². The molecule has 84 valence electrons. The Labute approximate surface area is 88.8 Å². The standard InChI is InChI=1S/C12H26N2/c1-3-11(13)8-10-14-9-6-5-7-12(14)4-2/h11-12H,3-10,13H2,1-2H3. The van der Waals surface area contributed by atoms with E-state index in [0.29, 0.717) is 6.04 Å². The Balaban J connectivity index is 2.26. The third-order valence-electron chi connectivity index (χ3n) is 3.53. The number of rotatable bonds is 5. The van der Waals surface area contributed by atoms with Crippen LogP contribution in [-0.4, -0.2) is 30.1 Å². The van der Waals surface area contributed by atoms with Gasteiger partial charge in [0, 0.05) is 12.1 Å². The first kappa shape index (κ1) is 12.0. The van der Waals surface area contributed by atoms with Crippen LogP contribution in [0.3, 0.4) is 0 Å². The Morgan fingerprint density at radius 3 is 2.79 bits per heavy atom. The van der Waals surface area contributed by atoms with Gasteiger partial charge in [-0.1, -0.05) is 20.3 Å². The monoisotopic (exact) mass is 198 g/mol. The second kappa shape index (κ2) is 6.41. The fraction of sp³-hybridized carbons (Fsp3) is 1.00. The fourth-order valence-corrected chi connectivity index (χ4v) is 2.35. The molecule has 0 amide bonds. The van der Waals surface area contributed by atoms with E-state index in [1.54, 1.807) is 0 Å². The van der Waals surface area contributed by atoms with Gasteiger partial charge in [-0.05, 0) is 45.2 Å². The number of likely N-dealkylation sites (tertiary alicyclic amines) is 1. The van der Waals surface area contributed by atoms with E-state index in [-0.39, 0.29) is 0 Å². The first-order chi connectivity index (χ1) is 6.77. The topological polar surface area (TPSA) is 29.3 Å². The average Bonchev–Trinajstić information content (AvgIpc) is 2.26. The summed E-state index contributed by atoms with van der Waals surface area (Å²) in [6.07, 6.45) is 7.81. The van der Waals surface area contributed by atoms with Gasteiger partial charge in [0.15, 0.2) is 0 Å². The molecule has 0 spiro atoms. The molecule has 0 aromatic carbocycles. The zero-order chi connectivity index (χ0) is 10.4. The molecule has 1 aliphatic heterocycles. The molecule has 1 aliphatic rings. The van der Waals surface area contributed by atoms with Gasteiger partial charge < -0.3 is 10.6 Å². The van der Waals surface area contributed by atoms with Crippen LogP contribution >= 0.6 is 0 Å². The molecule has 14 heavy (non-hydrogen) atoms. The highest BCUT2D eigenvalue weighted by molar-refractivity contribution is 4.76. The second-order valence-electron chi connectivity index (χ2n) is 4.55. The van der Waals surface area contributed by atoms with Crippen LogP contribution in [0.15, 0.2) is 0 Å². The minimum atomic E-state index is 0.412. The fourth-order valence-electron chi connectivity index (χ4n) is 2.35. The van der Waals surface area contributed by atoms with Gasteiger partial charge >= 0.3 is 0 Å². The molecule has 1 heterocycles. The van der Waals surface area contributed by atoms with Crippen molar-refractivity contribution >= 4 is 0 Å². The van der Waals surface area contributed by atoms with Crippen LogP contribution in [0.5, 0.6) is 0 Å². The number of hydrogen-bond acceptors (Lipinski definition) is 2. The number of hydrogen-bond donors (Lipinski definition) is 1. The van der Waals surface area contributed by atoms with E-state index in [2.05, 4.69) is 18.7 Å². The van der Waals surface area contributed by atoms with Crippen molar-refractivity contribution in [3.05, 3.63) is 0 Å². The summed E-state index contributed by atoms with van der Waals surface area (Å²) in [5.41, 5.74) is 5.95. The lowest BCUT2D eigenvalue weighted by molar-refractivity contribution is 0.139. The molecule has 0 aromatic rings. The highest BCUT2D eigenvalue weighted by Gasteiger charge is 2.20. The van der Waals surface area contributed by atoms with Crippen molar-refractivity contribution in [1.29, 1.82) is 0 Å². The van der Waals surface area contributed by atoms with Gasteiger partial charge in [-0.2, -0.15) is 0 Å². The lowest BCUT2D eigenvalue weighted by Gasteiger charge is -2.35. The molecule has 2 nitrogen and oxygen atoms in total. The molecule has 1 fully saturated rings. The SMILES string of the molecule is CCC(N)CCN1CCCCC1CC. The van der Waals surface area contributed by atoms with Crippen LogP contribution in [0.2, 0.25) is 0 Å². The summed E-state index contributed by atoms with van der Waals surface area (Å²) in [6.45, 7) is 7.00. The maximum atomic E-state index is 5.95. The summed E-state index contributed by atoms with van der Waals surface area (Å²) in [4.78, 5) is 2.65. The van der Waals surface area contributed by atoms with Gasteiger partial charge in [0.2, 0.25) is 0 Å². The normalized spacial score (nSPS) is 26.4. The molecule has 2 atom stereocenters. The highest BCUT2D eigenvalue weighted by Crippen LogP contribution is 2.19. The molecule has 2 heteroatoms. The molecule has 2 N–H and O–H groups in total. The molecule has 0 saturated carbocycles. The summed E-state index contributed by atoms with van der Waals surface area (Å²) in [5.74, 6) is 0. The van der Waals surface area contributed by atoms with E-state index in [9.17, 15) is 0 Å². The van der Waals surface area contributed by atoms with Gasteiger partial charge in [-0.3, -0.25) is 0 Å². The quantitative estimate of drug-likeness (QED) is 0.735. The van der Waals surface area contributed by atoms with Crippen molar-refractivity contribution in [1.82, 2.24) is 4.90 Å². The Bertz CT molecular complexity index is 147. The third kappa shape index (κ3) is 3.58. The Kier molecular flexibility index (Phi) is 5.49. The molecule has 0 bridgehead atoms. The number of nitrogens with zero attached hydrogens (tertiary/aromatic N) is 1. The molecule has 2 unspecified atom stereocenters. The van der Waals surface area contributed by atoms with Gasteiger partial charge in [-0.15, -0.1) is 0 Å². The van der Waals surface area contributed by atoms with Crippen LogP contribution in [-0.2, 0) is 0 Å². The lowest BCUT2D eigenvalue weighted by Crippen LogP contribution is -2.41. The van der Waals surface area contributed by atoms with Crippen LogP contribution in [0.25, 0.3) is 0 Å². The van der Waals surface area contributed by atoms with E-state index in [1.165, 1.54) is 45.2 Å². The van der Waals surface area contributed by atoms with Crippen LogP contribution in [0.1, 0.15) is 52.4 Å². The Morgan fingerprint density at radius 2 is 2.14 bits per heavy atom. The van der Waals surface area contributed by atoms with Crippen molar-refractivity contribution in [2.75, 3.05) is 13.1 Å². The summed E-state index contributed by atoms with van der Waals surface area (Å²) in [6, 6.07) is 1.25.